The summed E-state index contributed by atoms with van der Waals surface area (Å²) in [5.74, 6) is -0.753. The quantitative estimate of drug-likeness (QED) is 0.901. The zero-order chi connectivity index (χ0) is 13.0. The number of methoxy groups -OCH3 is 1. The molecule has 1 heterocycles. The van der Waals surface area contributed by atoms with Crippen molar-refractivity contribution in [2.75, 3.05) is 20.2 Å². The van der Waals surface area contributed by atoms with E-state index in [-0.39, 0.29) is 12.5 Å². The molecule has 17 heavy (non-hydrogen) atoms. The summed E-state index contributed by atoms with van der Waals surface area (Å²) in [6, 6.07) is 1.60. The third-order valence-corrected chi connectivity index (χ3v) is 3.85. The molecule has 94 valence electrons. The van der Waals surface area contributed by atoms with Crippen molar-refractivity contribution in [3.63, 3.8) is 0 Å². The summed E-state index contributed by atoms with van der Waals surface area (Å²) in [4.78, 5) is 24.3. The molecule has 7 heteroatoms. The van der Waals surface area contributed by atoms with Gasteiger partial charge in [-0.15, -0.1) is 11.3 Å². The third kappa shape index (κ3) is 3.44. The molecule has 5 nitrogen and oxygen atoms in total. The Bertz CT molecular complexity index is 432. The van der Waals surface area contributed by atoms with Crippen molar-refractivity contribution < 1.29 is 19.4 Å². The largest absolute Gasteiger partial charge is 0.495 e. The Labute approximate surface area is 111 Å². The van der Waals surface area contributed by atoms with E-state index in [4.69, 9.17) is 9.84 Å². The number of thiophene rings is 1. The van der Waals surface area contributed by atoms with Crippen LogP contribution in [0.1, 0.15) is 16.6 Å². The number of hydrogen-bond acceptors (Lipinski definition) is 4. The van der Waals surface area contributed by atoms with E-state index in [1.54, 1.807) is 13.0 Å². The van der Waals surface area contributed by atoms with Crippen LogP contribution in [-0.2, 0) is 4.79 Å². The molecule has 0 unspecified atom stereocenters. The Morgan fingerprint density at radius 3 is 2.65 bits per heavy atom. The molecule has 0 aliphatic rings. The predicted molar refractivity (Wildman–Crippen MR) is 67.8 cm³/mol. The average molecular weight is 322 g/mol. The number of rotatable bonds is 5. The number of carbonyl (C=O) groups excluding carboxylic acids is 1. The lowest BCUT2D eigenvalue weighted by Crippen LogP contribution is -2.34. The molecule has 0 fully saturated rings. The van der Waals surface area contributed by atoms with Gasteiger partial charge in [-0.3, -0.25) is 9.59 Å². The number of carboxylic acid groups (broad SMARTS) is 1. The minimum absolute atomic E-state index is 0.298. The maximum atomic E-state index is 12.0. The van der Waals surface area contributed by atoms with Crippen molar-refractivity contribution in [2.24, 2.45) is 0 Å². The van der Waals surface area contributed by atoms with E-state index >= 15 is 0 Å². The van der Waals surface area contributed by atoms with E-state index in [2.05, 4.69) is 15.9 Å². The summed E-state index contributed by atoms with van der Waals surface area (Å²) in [5.41, 5.74) is 0. The Hall–Kier alpha value is -1.08. The van der Waals surface area contributed by atoms with Gasteiger partial charge in [-0.2, -0.15) is 0 Å². The Morgan fingerprint density at radius 1 is 1.59 bits per heavy atom. The van der Waals surface area contributed by atoms with Crippen LogP contribution >= 0.6 is 27.3 Å². The highest BCUT2D eigenvalue weighted by atomic mass is 79.9. The van der Waals surface area contributed by atoms with Gasteiger partial charge in [0.2, 0.25) is 0 Å². The molecule has 0 saturated heterocycles. The highest BCUT2D eigenvalue weighted by molar-refractivity contribution is 9.11. The molecule has 0 bridgehead atoms. The summed E-state index contributed by atoms with van der Waals surface area (Å²) >= 11 is 4.50. The molecule has 0 spiro atoms. The maximum Gasteiger partial charge on any atom is 0.323 e. The van der Waals surface area contributed by atoms with Crippen LogP contribution in [0, 0.1) is 0 Å². The van der Waals surface area contributed by atoms with Crippen LogP contribution in [-0.4, -0.2) is 42.1 Å². The molecule has 0 saturated carbocycles. The zero-order valence-electron chi connectivity index (χ0n) is 9.40. The van der Waals surface area contributed by atoms with Gasteiger partial charge in [-0.1, -0.05) is 0 Å². The number of halogens is 1. The van der Waals surface area contributed by atoms with Crippen LogP contribution in [0.3, 0.4) is 0 Å². The molecule has 0 atom stereocenters. The standard InChI is InChI=1S/C10H12BrNO4S/c1-3-12(5-8(13)14)10(15)7-4-6(16-2)9(11)17-7/h4H,3,5H2,1-2H3,(H,13,14). The minimum atomic E-state index is -1.03. The number of carbonyl (C=O) groups is 2. The van der Waals surface area contributed by atoms with Crippen molar-refractivity contribution in [2.45, 2.75) is 6.92 Å². The molecule has 1 aromatic rings. The van der Waals surface area contributed by atoms with Gasteiger partial charge >= 0.3 is 5.97 Å². The smallest absolute Gasteiger partial charge is 0.323 e. The van der Waals surface area contributed by atoms with Gasteiger partial charge in [0.25, 0.3) is 5.91 Å². The van der Waals surface area contributed by atoms with E-state index < -0.39 is 5.97 Å². The van der Waals surface area contributed by atoms with Gasteiger partial charge in [0.1, 0.15) is 16.1 Å². The molecular formula is C10H12BrNO4S. The van der Waals surface area contributed by atoms with Crippen LogP contribution in [0.25, 0.3) is 0 Å². The SMILES string of the molecule is CCN(CC(=O)O)C(=O)c1cc(OC)c(Br)s1. The second-order valence-electron chi connectivity index (χ2n) is 3.17. The number of aliphatic carboxylic acids is 1. The molecule has 1 aromatic heterocycles. The highest BCUT2D eigenvalue weighted by Gasteiger charge is 2.20. The first-order valence-corrected chi connectivity index (χ1v) is 6.45. The minimum Gasteiger partial charge on any atom is -0.495 e. The zero-order valence-corrected chi connectivity index (χ0v) is 11.8. The summed E-state index contributed by atoms with van der Waals surface area (Å²) in [7, 11) is 1.51. The van der Waals surface area contributed by atoms with Crippen molar-refractivity contribution in [1.82, 2.24) is 4.90 Å². The van der Waals surface area contributed by atoms with Crippen LogP contribution in [0.4, 0.5) is 0 Å². The van der Waals surface area contributed by atoms with E-state index in [0.717, 1.165) is 3.79 Å². The van der Waals surface area contributed by atoms with Crippen LogP contribution in [0.15, 0.2) is 9.85 Å². The van der Waals surface area contributed by atoms with E-state index in [1.807, 2.05) is 0 Å². The van der Waals surface area contributed by atoms with E-state index in [1.165, 1.54) is 23.3 Å². The lowest BCUT2D eigenvalue weighted by molar-refractivity contribution is -0.137. The van der Waals surface area contributed by atoms with E-state index in [9.17, 15) is 9.59 Å². The number of nitrogens with zero attached hydrogens (tertiary/aromatic N) is 1. The molecular weight excluding hydrogens is 310 g/mol. The summed E-state index contributed by atoms with van der Waals surface area (Å²) < 4.78 is 5.76. The number of ether oxygens (including phenoxy) is 1. The molecule has 0 radical (unpaired) electrons. The monoisotopic (exact) mass is 321 g/mol. The molecule has 0 aromatic carbocycles. The number of likely N-dealkylation sites (N-methyl/N-ethyl adjacent to an activating group) is 1. The predicted octanol–water partition coefficient (Wildman–Crippen LogP) is 2.07. The molecule has 0 aliphatic carbocycles. The Balaban J connectivity index is 2.89. The summed E-state index contributed by atoms with van der Waals surface area (Å²) in [6.45, 7) is 1.79. The lowest BCUT2D eigenvalue weighted by Gasteiger charge is -2.17. The van der Waals surface area contributed by atoms with Gasteiger partial charge in [-0.05, 0) is 22.9 Å². The molecule has 1 amide bonds. The fourth-order valence-corrected chi connectivity index (χ4v) is 2.86. The first kappa shape index (κ1) is 14.0. The van der Waals surface area contributed by atoms with Gasteiger partial charge in [0.15, 0.2) is 0 Å². The number of carboxylic acids is 1. The molecule has 0 aliphatic heterocycles. The second-order valence-corrected chi connectivity index (χ2v) is 5.54. The lowest BCUT2D eigenvalue weighted by atomic mass is 10.3. The summed E-state index contributed by atoms with van der Waals surface area (Å²) in [6.07, 6.45) is 0. The van der Waals surface area contributed by atoms with Crippen LogP contribution < -0.4 is 4.74 Å². The van der Waals surface area contributed by atoms with Crippen LogP contribution in [0.5, 0.6) is 5.75 Å². The van der Waals surface area contributed by atoms with Crippen LogP contribution in [0.2, 0.25) is 0 Å². The fraction of sp³-hybridized carbons (Fsp3) is 0.400. The van der Waals surface area contributed by atoms with Gasteiger partial charge in [0, 0.05) is 12.6 Å². The van der Waals surface area contributed by atoms with Gasteiger partial charge < -0.3 is 14.7 Å². The first-order valence-electron chi connectivity index (χ1n) is 4.84. The van der Waals surface area contributed by atoms with E-state index in [0.29, 0.717) is 17.2 Å². The Kier molecular flexibility index (Phi) is 4.95. The normalized spacial score (nSPS) is 10.1. The first-order chi connectivity index (χ1) is 7.99. The number of hydrogen-bond donors (Lipinski definition) is 1. The molecule has 1 N–H and O–H groups in total. The van der Waals surface area contributed by atoms with Crippen molar-refractivity contribution in [3.8, 4) is 5.75 Å². The maximum absolute atomic E-state index is 12.0. The summed E-state index contributed by atoms with van der Waals surface area (Å²) in [5, 5.41) is 8.69. The second kappa shape index (κ2) is 6.02. The number of amides is 1. The molecule has 1 rings (SSSR count). The third-order valence-electron chi connectivity index (χ3n) is 2.08. The van der Waals surface area contributed by atoms with Crippen molar-refractivity contribution in [1.29, 1.82) is 0 Å². The van der Waals surface area contributed by atoms with Gasteiger partial charge in [-0.25, -0.2) is 0 Å². The van der Waals surface area contributed by atoms with Crippen molar-refractivity contribution in [3.05, 3.63) is 14.7 Å². The average Bonchev–Trinajstić information content (AvgIpc) is 2.66. The Morgan fingerprint density at radius 2 is 2.24 bits per heavy atom. The fourth-order valence-electron chi connectivity index (χ4n) is 1.24. The van der Waals surface area contributed by atoms with Gasteiger partial charge in [0.05, 0.1) is 12.0 Å². The highest BCUT2D eigenvalue weighted by Crippen LogP contribution is 2.34. The van der Waals surface area contributed by atoms with Crippen molar-refractivity contribution >= 4 is 39.1 Å². The topological polar surface area (TPSA) is 66.8 Å².